The number of benzene rings is 1. The van der Waals surface area contributed by atoms with E-state index >= 15 is 0 Å². The number of ether oxygens (including phenoxy) is 2. The molecule has 0 radical (unpaired) electrons. The van der Waals surface area contributed by atoms with Crippen molar-refractivity contribution in [3.8, 4) is 5.75 Å². The number of rotatable bonds is 5. The van der Waals surface area contributed by atoms with Crippen molar-refractivity contribution in [1.82, 2.24) is 14.6 Å². The first-order valence-corrected chi connectivity index (χ1v) is 8.24. The molecule has 7 heteroatoms. The molecule has 1 amide bonds. The summed E-state index contributed by atoms with van der Waals surface area (Å²) in [6.45, 7) is 1.23. The molecule has 3 heterocycles. The number of nitrogens with one attached hydrogen (secondary N) is 1. The Hall–Kier alpha value is -2.93. The predicted molar refractivity (Wildman–Crippen MR) is 91.9 cm³/mol. The van der Waals surface area contributed by atoms with E-state index in [2.05, 4.69) is 15.5 Å². The normalized spacial score (nSPS) is 16.9. The quantitative estimate of drug-likeness (QED) is 0.773. The van der Waals surface area contributed by atoms with Gasteiger partial charge in [0.15, 0.2) is 5.65 Å². The third-order valence-electron chi connectivity index (χ3n) is 4.13. The lowest BCUT2D eigenvalue weighted by atomic mass is 10.2. The first-order chi connectivity index (χ1) is 12.3. The smallest absolute Gasteiger partial charge is 0.259 e. The summed E-state index contributed by atoms with van der Waals surface area (Å²) in [6, 6.07) is 10.8. The number of pyridine rings is 1. The minimum Gasteiger partial charge on any atom is -0.490 e. The Bertz CT molecular complexity index is 887. The van der Waals surface area contributed by atoms with Crippen LogP contribution in [0.2, 0.25) is 0 Å². The van der Waals surface area contributed by atoms with Gasteiger partial charge < -0.3 is 14.8 Å². The molecule has 4 rings (SSSR count). The summed E-state index contributed by atoms with van der Waals surface area (Å²) in [6.07, 6.45) is 5.51. The van der Waals surface area contributed by atoms with Crippen molar-refractivity contribution < 1.29 is 14.3 Å². The Morgan fingerprint density at radius 3 is 3.12 bits per heavy atom. The Morgan fingerprint density at radius 1 is 1.32 bits per heavy atom. The monoisotopic (exact) mass is 338 g/mol. The van der Waals surface area contributed by atoms with E-state index in [0.29, 0.717) is 23.6 Å². The van der Waals surface area contributed by atoms with Gasteiger partial charge in [-0.05, 0) is 37.1 Å². The SMILES string of the molecule is O=C(Nc1ccc2nncn2c1)c1ccccc1OC[C@@H]1CCCO1. The molecule has 0 unspecified atom stereocenters. The van der Waals surface area contributed by atoms with E-state index in [0.717, 1.165) is 25.1 Å². The molecule has 1 saturated heterocycles. The third-order valence-corrected chi connectivity index (χ3v) is 4.13. The first-order valence-electron chi connectivity index (χ1n) is 8.24. The fraction of sp³-hybridized carbons (Fsp3) is 0.278. The fourth-order valence-electron chi connectivity index (χ4n) is 2.84. The molecular formula is C18H18N4O3. The van der Waals surface area contributed by atoms with Gasteiger partial charge in [-0.2, -0.15) is 0 Å². The van der Waals surface area contributed by atoms with Crippen molar-refractivity contribution in [1.29, 1.82) is 0 Å². The molecule has 0 saturated carbocycles. The summed E-state index contributed by atoms with van der Waals surface area (Å²) in [5.74, 6) is 0.330. The van der Waals surface area contributed by atoms with Crippen LogP contribution < -0.4 is 10.1 Å². The minimum absolute atomic E-state index is 0.104. The highest BCUT2D eigenvalue weighted by Gasteiger charge is 2.18. The maximum absolute atomic E-state index is 12.6. The van der Waals surface area contributed by atoms with Gasteiger partial charge in [0.1, 0.15) is 18.7 Å². The highest BCUT2D eigenvalue weighted by molar-refractivity contribution is 6.06. The topological polar surface area (TPSA) is 77.8 Å². The van der Waals surface area contributed by atoms with E-state index in [9.17, 15) is 4.79 Å². The van der Waals surface area contributed by atoms with Crippen molar-refractivity contribution in [3.05, 3.63) is 54.5 Å². The van der Waals surface area contributed by atoms with Gasteiger partial charge in [-0.15, -0.1) is 10.2 Å². The zero-order valence-electron chi connectivity index (χ0n) is 13.6. The second-order valence-corrected chi connectivity index (χ2v) is 5.91. The summed E-state index contributed by atoms with van der Waals surface area (Å²) in [4.78, 5) is 12.6. The summed E-state index contributed by atoms with van der Waals surface area (Å²) in [7, 11) is 0. The number of fused-ring (bicyclic) bond motifs is 1. The number of amides is 1. The number of carbonyl (C=O) groups excluding carboxylic acids is 1. The van der Waals surface area contributed by atoms with Crippen LogP contribution >= 0.6 is 0 Å². The lowest BCUT2D eigenvalue weighted by Gasteiger charge is -2.14. The molecule has 0 spiro atoms. The van der Waals surface area contributed by atoms with E-state index in [1.807, 2.05) is 12.1 Å². The zero-order valence-corrected chi connectivity index (χ0v) is 13.6. The second kappa shape index (κ2) is 6.90. The van der Waals surface area contributed by atoms with Crippen molar-refractivity contribution in [2.75, 3.05) is 18.5 Å². The molecule has 7 nitrogen and oxygen atoms in total. The van der Waals surface area contributed by atoms with Crippen LogP contribution in [0.25, 0.3) is 5.65 Å². The molecule has 1 aromatic carbocycles. The lowest BCUT2D eigenvalue weighted by molar-refractivity contribution is 0.0673. The molecule has 0 aliphatic carbocycles. The maximum atomic E-state index is 12.6. The fourth-order valence-corrected chi connectivity index (χ4v) is 2.84. The number of anilines is 1. The van der Waals surface area contributed by atoms with E-state index in [4.69, 9.17) is 9.47 Å². The van der Waals surface area contributed by atoms with Gasteiger partial charge in [0.25, 0.3) is 5.91 Å². The average Bonchev–Trinajstić information content (AvgIpc) is 3.31. The lowest BCUT2D eigenvalue weighted by Crippen LogP contribution is -2.19. The van der Waals surface area contributed by atoms with Crippen LogP contribution in [0.3, 0.4) is 0 Å². The summed E-state index contributed by atoms with van der Waals surface area (Å²) < 4.78 is 13.1. The predicted octanol–water partition coefficient (Wildman–Crippen LogP) is 2.54. The molecule has 1 aliphatic rings. The van der Waals surface area contributed by atoms with Crippen molar-refractivity contribution in [2.45, 2.75) is 18.9 Å². The van der Waals surface area contributed by atoms with Crippen molar-refractivity contribution in [3.63, 3.8) is 0 Å². The molecule has 1 aliphatic heterocycles. The number of para-hydroxylation sites is 1. The molecule has 1 N–H and O–H groups in total. The third kappa shape index (κ3) is 3.46. The highest BCUT2D eigenvalue weighted by Crippen LogP contribution is 2.22. The van der Waals surface area contributed by atoms with Gasteiger partial charge >= 0.3 is 0 Å². The average molecular weight is 338 g/mol. The minimum atomic E-state index is -0.227. The van der Waals surface area contributed by atoms with Gasteiger partial charge in [-0.3, -0.25) is 9.20 Å². The van der Waals surface area contributed by atoms with Gasteiger partial charge in [0.2, 0.25) is 0 Å². The van der Waals surface area contributed by atoms with E-state index in [1.165, 1.54) is 0 Å². The van der Waals surface area contributed by atoms with Crippen LogP contribution in [-0.4, -0.2) is 39.8 Å². The number of hydrogen-bond acceptors (Lipinski definition) is 5. The van der Waals surface area contributed by atoms with Gasteiger partial charge in [-0.1, -0.05) is 12.1 Å². The van der Waals surface area contributed by atoms with Gasteiger partial charge in [-0.25, -0.2) is 0 Å². The van der Waals surface area contributed by atoms with Crippen molar-refractivity contribution in [2.24, 2.45) is 0 Å². The molecule has 1 atom stereocenters. The Kier molecular flexibility index (Phi) is 4.30. The number of aromatic nitrogens is 3. The standard InChI is InChI=1S/C18H18N4O3/c23-18(20-13-7-8-17-21-19-12-22(17)10-13)15-5-1-2-6-16(15)25-11-14-4-3-9-24-14/h1-2,5-8,10,12,14H,3-4,9,11H2,(H,20,23)/t14-/m0/s1. The number of carbonyl (C=O) groups is 1. The number of nitrogens with zero attached hydrogens (tertiary/aromatic N) is 3. The molecule has 128 valence electrons. The van der Waals surface area contributed by atoms with Crippen LogP contribution in [0.4, 0.5) is 5.69 Å². The van der Waals surface area contributed by atoms with E-state index in [1.54, 1.807) is 41.2 Å². The van der Waals surface area contributed by atoms with Crippen LogP contribution in [0, 0.1) is 0 Å². The van der Waals surface area contributed by atoms with Gasteiger partial charge in [0.05, 0.1) is 17.4 Å². The maximum Gasteiger partial charge on any atom is 0.259 e. The van der Waals surface area contributed by atoms with Gasteiger partial charge in [0, 0.05) is 12.8 Å². The van der Waals surface area contributed by atoms with Crippen LogP contribution in [0.1, 0.15) is 23.2 Å². The number of hydrogen-bond donors (Lipinski definition) is 1. The summed E-state index contributed by atoms with van der Waals surface area (Å²) >= 11 is 0. The van der Waals surface area contributed by atoms with E-state index < -0.39 is 0 Å². The Morgan fingerprint density at radius 2 is 2.24 bits per heavy atom. The Balaban J connectivity index is 1.48. The molecule has 3 aromatic rings. The summed E-state index contributed by atoms with van der Waals surface area (Å²) in [5, 5.41) is 10.6. The van der Waals surface area contributed by atoms with Crippen LogP contribution in [-0.2, 0) is 4.74 Å². The largest absolute Gasteiger partial charge is 0.490 e. The molecule has 1 fully saturated rings. The Labute approximate surface area is 144 Å². The van der Waals surface area contributed by atoms with E-state index in [-0.39, 0.29) is 12.0 Å². The second-order valence-electron chi connectivity index (χ2n) is 5.91. The van der Waals surface area contributed by atoms with Crippen LogP contribution in [0.5, 0.6) is 5.75 Å². The summed E-state index contributed by atoms with van der Waals surface area (Å²) in [5.41, 5.74) is 1.87. The van der Waals surface area contributed by atoms with Crippen molar-refractivity contribution >= 4 is 17.2 Å². The van der Waals surface area contributed by atoms with Crippen LogP contribution in [0.15, 0.2) is 48.9 Å². The molecule has 2 aromatic heterocycles. The highest BCUT2D eigenvalue weighted by atomic mass is 16.5. The molecule has 0 bridgehead atoms. The first kappa shape index (κ1) is 15.6. The zero-order chi connectivity index (χ0) is 17.1. The molecular weight excluding hydrogens is 320 g/mol. The molecule has 25 heavy (non-hydrogen) atoms.